The largest absolute Gasteiger partial charge is 0.377 e. The summed E-state index contributed by atoms with van der Waals surface area (Å²) in [6.07, 6.45) is 3.81. The highest BCUT2D eigenvalue weighted by atomic mass is 16.5. The summed E-state index contributed by atoms with van der Waals surface area (Å²) in [5.74, 6) is 0. The van der Waals surface area contributed by atoms with E-state index in [0.29, 0.717) is 6.04 Å². The van der Waals surface area contributed by atoms with Gasteiger partial charge in [-0.3, -0.25) is 0 Å². The number of ether oxygens (including phenoxy) is 1. The molecule has 0 aromatic heterocycles. The second-order valence-corrected chi connectivity index (χ2v) is 4.25. The highest BCUT2D eigenvalue weighted by Gasteiger charge is 2.38. The van der Waals surface area contributed by atoms with Crippen LogP contribution in [0.15, 0.2) is 0 Å². The molecule has 0 aromatic rings. The summed E-state index contributed by atoms with van der Waals surface area (Å²) < 4.78 is 5.55. The van der Waals surface area contributed by atoms with Crippen LogP contribution in [0.25, 0.3) is 0 Å². The van der Waals surface area contributed by atoms with Gasteiger partial charge in [-0.25, -0.2) is 0 Å². The molecular weight excluding hydrogens is 150 g/mol. The van der Waals surface area contributed by atoms with E-state index in [0.717, 1.165) is 6.54 Å². The zero-order valence-electron chi connectivity index (χ0n) is 8.76. The lowest BCUT2D eigenvalue weighted by Crippen LogP contribution is -2.49. The molecule has 0 radical (unpaired) electrons. The van der Waals surface area contributed by atoms with Crippen molar-refractivity contribution in [1.29, 1.82) is 0 Å². The first kappa shape index (κ1) is 10.0. The van der Waals surface area contributed by atoms with Gasteiger partial charge in [-0.15, -0.1) is 0 Å². The fraction of sp³-hybridized carbons (Fsp3) is 1.00. The van der Waals surface area contributed by atoms with E-state index in [2.05, 4.69) is 25.8 Å². The maximum atomic E-state index is 5.55. The molecule has 72 valence electrons. The molecule has 12 heavy (non-hydrogen) atoms. The second-order valence-electron chi connectivity index (χ2n) is 4.25. The molecular formula is C10H21NO. The van der Waals surface area contributed by atoms with Crippen LogP contribution in [0.3, 0.4) is 0 Å². The quantitative estimate of drug-likeness (QED) is 0.640. The Balaban J connectivity index is 2.37. The summed E-state index contributed by atoms with van der Waals surface area (Å²) in [6, 6.07) is 0.623. The summed E-state index contributed by atoms with van der Waals surface area (Å²) in [5, 5.41) is 0. The van der Waals surface area contributed by atoms with Crippen LogP contribution >= 0.6 is 0 Å². The molecule has 0 bridgehead atoms. The van der Waals surface area contributed by atoms with Crippen LogP contribution in [-0.2, 0) is 4.74 Å². The Morgan fingerprint density at radius 1 is 1.42 bits per heavy atom. The van der Waals surface area contributed by atoms with Crippen LogP contribution in [0.4, 0.5) is 0 Å². The van der Waals surface area contributed by atoms with E-state index in [9.17, 15) is 0 Å². The lowest BCUT2D eigenvalue weighted by molar-refractivity contribution is -0.0915. The number of methoxy groups -OCH3 is 1. The van der Waals surface area contributed by atoms with Crippen molar-refractivity contribution in [2.75, 3.05) is 20.7 Å². The minimum absolute atomic E-state index is 0.193. The molecule has 0 atom stereocenters. The van der Waals surface area contributed by atoms with Crippen molar-refractivity contribution < 1.29 is 4.74 Å². The van der Waals surface area contributed by atoms with Gasteiger partial charge in [0.25, 0.3) is 0 Å². The highest BCUT2D eigenvalue weighted by Crippen LogP contribution is 2.35. The minimum Gasteiger partial charge on any atom is -0.377 e. The first-order valence-corrected chi connectivity index (χ1v) is 4.85. The Morgan fingerprint density at radius 2 is 2.00 bits per heavy atom. The Bertz CT molecular complexity index is 135. The standard InChI is InChI=1S/C10H21NO/c1-9(2)11(3)8-10(12-4)6-5-7-10/h9H,5-8H2,1-4H3. The van der Waals surface area contributed by atoms with Crippen molar-refractivity contribution in [3.05, 3.63) is 0 Å². The monoisotopic (exact) mass is 171 g/mol. The molecule has 0 saturated heterocycles. The molecule has 1 saturated carbocycles. The molecule has 1 fully saturated rings. The number of rotatable bonds is 4. The van der Waals surface area contributed by atoms with Crippen molar-refractivity contribution >= 4 is 0 Å². The maximum absolute atomic E-state index is 5.55. The van der Waals surface area contributed by atoms with Gasteiger partial charge in [-0.1, -0.05) is 0 Å². The van der Waals surface area contributed by atoms with Crippen molar-refractivity contribution in [2.45, 2.75) is 44.8 Å². The number of likely N-dealkylation sites (N-methyl/N-ethyl adjacent to an activating group) is 1. The molecule has 0 N–H and O–H groups in total. The van der Waals surface area contributed by atoms with Gasteiger partial charge < -0.3 is 9.64 Å². The normalized spacial score (nSPS) is 21.5. The fourth-order valence-electron chi connectivity index (χ4n) is 1.63. The lowest BCUT2D eigenvalue weighted by Gasteiger charge is -2.43. The minimum atomic E-state index is 0.193. The summed E-state index contributed by atoms with van der Waals surface area (Å²) in [4.78, 5) is 2.36. The molecule has 0 amide bonds. The maximum Gasteiger partial charge on any atom is 0.0805 e. The Labute approximate surface area is 75.9 Å². The molecule has 0 heterocycles. The van der Waals surface area contributed by atoms with Gasteiger partial charge in [0.1, 0.15) is 0 Å². The van der Waals surface area contributed by atoms with Crippen molar-refractivity contribution in [3.8, 4) is 0 Å². The molecule has 1 rings (SSSR count). The number of nitrogens with zero attached hydrogens (tertiary/aromatic N) is 1. The topological polar surface area (TPSA) is 12.5 Å². The first-order chi connectivity index (χ1) is 5.59. The van der Waals surface area contributed by atoms with Crippen LogP contribution in [0.1, 0.15) is 33.1 Å². The highest BCUT2D eigenvalue weighted by molar-refractivity contribution is 4.92. The molecule has 0 spiro atoms. The van der Waals surface area contributed by atoms with E-state index in [1.165, 1.54) is 19.3 Å². The molecule has 1 aliphatic carbocycles. The van der Waals surface area contributed by atoms with Crippen molar-refractivity contribution in [2.24, 2.45) is 0 Å². The average molecular weight is 171 g/mol. The SMILES string of the molecule is COC1(CN(C)C(C)C)CCC1. The fourth-order valence-corrected chi connectivity index (χ4v) is 1.63. The van der Waals surface area contributed by atoms with Crippen LogP contribution in [0, 0.1) is 0 Å². The Kier molecular flexibility index (Phi) is 3.13. The number of hydrogen-bond acceptors (Lipinski definition) is 2. The van der Waals surface area contributed by atoms with E-state index < -0.39 is 0 Å². The third-order valence-corrected chi connectivity index (χ3v) is 3.12. The van der Waals surface area contributed by atoms with Crippen LogP contribution in [0.2, 0.25) is 0 Å². The molecule has 0 aromatic carbocycles. The summed E-state index contributed by atoms with van der Waals surface area (Å²) >= 11 is 0. The van der Waals surface area contributed by atoms with Crippen LogP contribution < -0.4 is 0 Å². The predicted octanol–water partition coefficient (Wildman–Crippen LogP) is 1.90. The Morgan fingerprint density at radius 3 is 2.25 bits per heavy atom. The second kappa shape index (κ2) is 3.75. The van der Waals surface area contributed by atoms with Gasteiger partial charge >= 0.3 is 0 Å². The summed E-state index contributed by atoms with van der Waals surface area (Å²) in [7, 11) is 4.01. The van der Waals surface area contributed by atoms with E-state index in [1.807, 2.05) is 7.11 Å². The summed E-state index contributed by atoms with van der Waals surface area (Å²) in [6.45, 7) is 5.53. The smallest absolute Gasteiger partial charge is 0.0805 e. The van der Waals surface area contributed by atoms with Gasteiger partial charge in [0.15, 0.2) is 0 Å². The number of hydrogen-bond donors (Lipinski definition) is 0. The Hall–Kier alpha value is -0.0800. The molecule has 1 aliphatic rings. The van der Waals surface area contributed by atoms with Crippen molar-refractivity contribution in [3.63, 3.8) is 0 Å². The van der Waals surface area contributed by atoms with E-state index in [4.69, 9.17) is 4.74 Å². The van der Waals surface area contributed by atoms with Gasteiger partial charge in [0, 0.05) is 19.7 Å². The van der Waals surface area contributed by atoms with Gasteiger partial charge in [0.05, 0.1) is 5.60 Å². The van der Waals surface area contributed by atoms with Gasteiger partial charge in [-0.2, -0.15) is 0 Å². The molecule has 0 aliphatic heterocycles. The van der Waals surface area contributed by atoms with E-state index in [-0.39, 0.29) is 5.60 Å². The molecule has 2 heteroatoms. The third-order valence-electron chi connectivity index (χ3n) is 3.12. The summed E-state index contributed by atoms with van der Waals surface area (Å²) in [5.41, 5.74) is 0.193. The average Bonchev–Trinajstić information content (AvgIpc) is 1.96. The molecule has 0 unspecified atom stereocenters. The van der Waals surface area contributed by atoms with E-state index in [1.54, 1.807) is 0 Å². The zero-order chi connectivity index (χ0) is 9.19. The predicted molar refractivity (Wildman–Crippen MR) is 51.4 cm³/mol. The zero-order valence-corrected chi connectivity index (χ0v) is 8.76. The van der Waals surface area contributed by atoms with Gasteiger partial charge in [0.2, 0.25) is 0 Å². The van der Waals surface area contributed by atoms with Gasteiger partial charge in [-0.05, 0) is 40.2 Å². The van der Waals surface area contributed by atoms with E-state index >= 15 is 0 Å². The van der Waals surface area contributed by atoms with Crippen LogP contribution in [-0.4, -0.2) is 37.2 Å². The molecule has 2 nitrogen and oxygen atoms in total. The van der Waals surface area contributed by atoms with Crippen LogP contribution in [0.5, 0.6) is 0 Å². The first-order valence-electron chi connectivity index (χ1n) is 4.85. The van der Waals surface area contributed by atoms with Crippen molar-refractivity contribution in [1.82, 2.24) is 4.90 Å². The lowest BCUT2D eigenvalue weighted by atomic mass is 9.79. The third kappa shape index (κ3) is 1.99.